The molecule has 3 aromatic rings. The molecular weight excluding hydrogens is 300 g/mol. The number of benzene rings is 1. The van der Waals surface area contributed by atoms with E-state index in [-0.39, 0.29) is 5.63 Å². The van der Waals surface area contributed by atoms with Crippen LogP contribution in [0.3, 0.4) is 0 Å². The Morgan fingerprint density at radius 1 is 1.25 bits per heavy atom. The third-order valence-electron chi connectivity index (χ3n) is 4.74. The average molecular weight is 320 g/mol. The minimum absolute atomic E-state index is 0.299. The smallest absolute Gasteiger partial charge is 0.344 e. The molecule has 24 heavy (non-hydrogen) atoms. The molecule has 0 atom stereocenters. The second-order valence-electron chi connectivity index (χ2n) is 6.34. The van der Waals surface area contributed by atoms with Crippen molar-refractivity contribution in [1.29, 1.82) is 0 Å². The molecule has 0 amide bonds. The van der Waals surface area contributed by atoms with Crippen LogP contribution in [0.15, 0.2) is 45.7 Å². The van der Waals surface area contributed by atoms with Crippen molar-refractivity contribution in [2.24, 2.45) is 0 Å². The summed E-state index contributed by atoms with van der Waals surface area (Å²) in [4.78, 5) is 19.0. The average Bonchev–Trinajstić information content (AvgIpc) is 2.59. The summed E-state index contributed by atoms with van der Waals surface area (Å²) in [5.74, 6) is 0. The molecular formula is C20H20N2O2. The second kappa shape index (κ2) is 5.78. The quantitative estimate of drug-likeness (QED) is 0.671. The van der Waals surface area contributed by atoms with Crippen molar-refractivity contribution in [1.82, 2.24) is 4.98 Å². The molecule has 0 saturated heterocycles. The Balaban J connectivity index is 1.91. The number of hydrogen-bond donors (Lipinski definition) is 0. The second-order valence-corrected chi connectivity index (χ2v) is 6.34. The van der Waals surface area contributed by atoms with Crippen LogP contribution in [0.4, 0.5) is 5.69 Å². The van der Waals surface area contributed by atoms with Crippen LogP contribution in [-0.4, -0.2) is 18.1 Å². The fourth-order valence-corrected chi connectivity index (χ4v) is 3.52. The zero-order chi connectivity index (χ0) is 16.7. The summed E-state index contributed by atoms with van der Waals surface area (Å²) < 4.78 is 5.64. The Kier molecular flexibility index (Phi) is 3.60. The number of fused-ring (bicyclic) bond motifs is 2. The predicted molar refractivity (Wildman–Crippen MR) is 96.7 cm³/mol. The Bertz CT molecular complexity index is 975. The summed E-state index contributed by atoms with van der Waals surface area (Å²) in [5.41, 5.74) is 5.23. The van der Waals surface area contributed by atoms with E-state index in [1.807, 2.05) is 31.2 Å². The molecule has 0 unspecified atom stereocenters. The molecule has 1 aliphatic heterocycles. The number of hydrogen-bond acceptors (Lipinski definition) is 4. The molecule has 4 heteroatoms. The summed E-state index contributed by atoms with van der Waals surface area (Å²) in [6.45, 7) is 6.11. The SMILES string of the molecule is CCN1CCCc2cc3cc(-c4ccnc(C)c4)c(=O)oc3cc21. The van der Waals surface area contributed by atoms with Crippen LogP contribution in [0.25, 0.3) is 22.1 Å². The van der Waals surface area contributed by atoms with Crippen molar-refractivity contribution < 1.29 is 4.42 Å². The van der Waals surface area contributed by atoms with Crippen molar-refractivity contribution in [3.05, 3.63) is 58.2 Å². The highest BCUT2D eigenvalue weighted by atomic mass is 16.4. The van der Waals surface area contributed by atoms with Gasteiger partial charge >= 0.3 is 5.63 Å². The van der Waals surface area contributed by atoms with Gasteiger partial charge in [-0.05, 0) is 62.1 Å². The highest BCUT2D eigenvalue weighted by Gasteiger charge is 2.18. The van der Waals surface area contributed by atoms with Crippen LogP contribution in [0.1, 0.15) is 24.6 Å². The normalized spacial score (nSPS) is 14.0. The summed E-state index contributed by atoms with van der Waals surface area (Å²) >= 11 is 0. The van der Waals surface area contributed by atoms with Gasteiger partial charge in [0.25, 0.3) is 0 Å². The molecule has 0 spiro atoms. The molecule has 1 aliphatic rings. The number of nitrogens with zero attached hydrogens (tertiary/aromatic N) is 2. The van der Waals surface area contributed by atoms with Crippen LogP contribution < -0.4 is 10.5 Å². The monoisotopic (exact) mass is 320 g/mol. The number of pyridine rings is 1. The molecule has 0 radical (unpaired) electrons. The number of anilines is 1. The molecule has 1 aromatic carbocycles. The first-order chi connectivity index (χ1) is 11.7. The summed E-state index contributed by atoms with van der Waals surface area (Å²) in [5, 5.41) is 0.982. The molecule has 0 fully saturated rings. The standard InChI is InChI=1S/C20H20N2O2/c1-3-22-8-4-5-15-10-16-11-17(14-6-7-21-13(2)9-14)20(23)24-19(16)12-18(15)22/h6-7,9-12H,3-5,8H2,1-2H3. The topological polar surface area (TPSA) is 46.3 Å². The minimum Gasteiger partial charge on any atom is -0.422 e. The van der Waals surface area contributed by atoms with Gasteiger partial charge in [-0.15, -0.1) is 0 Å². The third kappa shape index (κ3) is 2.48. The lowest BCUT2D eigenvalue weighted by atomic mass is 9.98. The number of aromatic nitrogens is 1. The van der Waals surface area contributed by atoms with Gasteiger partial charge in [0.15, 0.2) is 0 Å². The van der Waals surface area contributed by atoms with Crippen LogP contribution in [0.2, 0.25) is 0 Å². The molecule has 4 nitrogen and oxygen atoms in total. The van der Waals surface area contributed by atoms with Gasteiger partial charge in [0, 0.05) is 42.1 Å². The summed E-state index contributed by atoms with van der Waals surface area (Å²) in [6.07, 6.45) is 3.96. The molecule has 4 rings (SSSR count). The van der Waals surface area contributed by atoms with E-state index in [1.54, 1.807) is 6.20 Å². The molecule has 0 bridgehead atoms. The molecule has 122 valence electrons. The van der Waals surface area contributed by atoms with E-state index in [1.165, 1.54) is 17.7 Å². The van der Waals surface area contributed by atoms with Crippen molar-refractivity contribution in [3.8, 4) is 11.1 Å². The van der Waals surface area contributed by atoms with Gasteiger partial charge in [0.1, 0.15) is 5.58 Å². The lowest BCUT2D eigenvalue weighted by Crippen LogP contribution is -2.28. The van der Waals surface area contributed by atoms with E-state index in [0.717, 1.165) is 36.2 Å². The van der Waals surface area contributed by atoms with Crippen LogP contribution in [-0.2, 0) is 6.42 Å². The maximum Gasteiger partial charge on any atom is 0.344 e. The number of aryl methyl sites for hydroxylation is 2. The van der Waals surface area contributed by atoms with Crippen LogP contribution in [0.5, 0.6) is 0 Å². The van der Waals surface area contributed by atoms with Crippen molar-refractivity contribution >= 4 is 16.7 Å². The van der Waals surface area contributed by atoms with Gasteiger partial charge in [0.2, 0.25) is 0 Å². The highest BCUT2D eigenvalue weighted by molar-refractivity contribution is 5.86. The Morgan fingerprint density at radius 2 is 2.12 bits per heavy atom. The molecule has 2 aromatic heterocycles. The Labute approximate surface area is 140 Å². The largest absolute Gasteiger partial charge is 0.422 e. The molecule has 0 N–H and O–H groups in total. The fraction of sp³-hybridized carbons (Fsp3) is 0.300. The molecule has 3 heterocycles. The summed E-state index contributed by atoms with van der Waals surface area (Å²) in [6, 6.07) is 9.90. The van der Waals surface area contributed by atoms with Gasteiger partial charge in [-0.25, -0.2) is 4.79 Å². The highest BCUT2D eigenvalue weighted by Crippen LogP contribution is 2.32. The maximum absolute atomic E-state index is 12.5. The first-order valence-corrected chi connectivity index (χ1v) is 8.44. The third-order valence-corrected chi connectivity index (χ3v) is 4.74. The first kappa shape index (κ1) is 14.9. The lowest BCUT2D eigenvalue weighted by molar-refractivity contribution is 0.562. The van der Waals surface area contributed by atoms with E-state index in [0.29, 0.717) is 11.1 Å². The van der Waals surface area contributed by atoms with Crippen molar-refractivity contribution in [2.75, 3.05) is 18.0 Å². The van der Waals surface area contributed by atoms with Crippen molar-refractivity contribution in [3.63, 3.8) is 0 Å². The van der Waals surface area contributed by atoms with Gasteiger partial charge in [-0.1, -0.05) is 0 Å². The fourth-order valence-electron chi connectivity index (χ4n) is 3.52. The lowest BCUT2D eigenvalue weighted by Gasteiger charge is -2.30. The van der Waals surface area contributed by atoms with E-state index in [9.17, 15) is 4.79 Å². The van der Waals surface area contributed by atoms with E-state index in [4.69, 9.17) is 4.42 Å². The van der Waals surface area contributed by atoms with Crippen LogP contribution >= 0.6 is 0 Å². The van der Waals surface area contributed by atoms with E-state index in [2.05, 4.69) is 22.9 Å². The summed E-state index contributed by atoms with van der Waals surface area (Å²) in [7, 11) is 0. The van der Waals surface area contributed by atoms with Gasteiger partial charge in [0.05, 0.1) is 5.56 Å². The Morgan fingerprint density at radius 3 is 2.92 bits per heavy atom. The predicted octanol–water partition coefficient (Wildman–Crippen LogP) is 3.94. The van der Waals surface area contributed by atoms with Gasteiger partial charge in [-0.3, -0.25) is 4.98 Å². The minimum atomic E-state index is -0.299. The number of rotatable bonds is 2. The zero-order valence-corrected chi connectivity index (χ0v) is 14.0. The van der Waals surface area contributed by atoms with Crippen LogP contribution in [0, 0.1) is 6.92 Å². The first-order valence-electron chi connectivity index (χ1n) is 8.44. The molecule has 0 saturated carbocycles. The van der Waals surface area contributed by atoms with Crippen molar-refractivity contribution in [2.45, 2.75) is 26.7 Å². The van der Waals surface area contributed by atoms with E-state index < -0.39 is 0 Å². The maximum atomic E-state index is 12.5. The van der Waals surface area contributed by atoms with Gasteiger partial charge < -0.3 is 9.32 Å². The van der Waals surface area contributed by atoms with E-state index >= 15 is 0 Å². The van der Waals surface area contributed by atoms with Gasteiger partial charge in [-0.2, -0.15) is 0 Å². The Hall–Kier alpha value is -2.62. The zero-order valence-electron chi connectivity index (χ0n) is 14.0. The molecule has 0 aliphatic carbocycles.